The molecular weight excluding hydrogens is 262 g/mol. The zero-order chi connectivity index (χ0) is 14.7. The Kier molecular flexibility index (Phi) is 3.57. The van der Waals surface area contributed by atoms with Gasteiger partial charge in [-0.1, -0.05) is 18.2 Å². The molecule has 1 amide bonds. The summed E-state index contributed by atoms with van der Waals surface area (Å²) in [4.78, 5) is 14.6. The maximum atomic E-state index is 12.8. The molecule has 0 fully saturated rings. The lowest BCUT2D eigenvalue weighted by Gasteiger charge is -2.22. The standard InChI is InChI=1S/C17H15N3O/c18-12-13-5-3-6-14(11-13)17(21)20-10-4-9-19-15-7-1-2-8-16(15)20/h1-3,5-8,11,19H,4,9-10H2. The SMILES string of the molecule is N#Cc1cccc(C(=O)N2CCCNc3ccccc32)c1. The van der Waals surface area contributed by atoms with Crippen LogP contribution in [-0.2, 0) is 0 Å². The lowest BCUT2D eigenvalue weighted by Crippen LogP contribution is -2.31. The van der Waals surface area contributed by atoms with Crippen LogP contribution in [0.15, 0.2) is 48.5 Å². The molecular formula is C17H15N3O. The van der Waals surface area contributed by atoms with E-state index in [0.29, 0.717) is 17.7 Å². The second-order valence-electron chi connectivity index (χ2n) is 4.95. The van der Waals surface area contributed by atoms with Crippen molar-refractivity contribution in [3.63, 3.8) is 0 Å². The normalized spacial score (nSPS) is 13.6. The van der Waals surface area contributed by atoms with Crippen molar-refractivity contribution in [3.05, 3.63) is 59.7 Å². The summed E-state index contributed by atoms with van der Waals surface area (Å²) >= 11 is 0. The quantitative estimate of drug-likeness (QED) is 0.871. The van der Waals surface area contributed by atoms with Crippen molar-refractivity contribution in [3.8, 4) is 6.07 Å². The summed E-state index contributed by atoms with van der Waals surface area (Å²) in [5.41, 5.74) is 2.91. The first-order chi connectivity index (χ1) is 10.3. The molecule has 0 aliphatic carbocycles. The number of para-hydroxylation sites is 2. The summed E-state index contributed by atoms with van der Waals surface area (Å²) in [6.07, 6.45) is 0.887. The van der Waals surface area contributed by atoms with Crippen molar-refractivity contribution in [1.29, 1.82) is 5.26 Å². The van der Waals surface area contributed by atoms with Gasteiger partial charge in [0.1, 0.15) is 0 Å². The predicted molar refractivity (Wildman–Crippen MR) is 82.4 cm³/mol. The molecule has 3 rings (SSSR count). The molecule has 0 aromatic heterocycles. The lowest BCUT2D eigenvalue weighted by molar-refractivity contribution is 0.0987. The van der Waals surface area contributed by atoms with Crippen LogP contribution in [0.1, 0.15) is 22.3 Å². The highest BCUT2D eigenvalue weighted by atomic mass is 16.2. The van der Waals surface area contributed by atoms with Gasteiger partial charge in [-0.3, -0.25) is 4.79 Å². The van der Waals surface area contributed by atoms with Crippen LogP contribution in [0.2, 0.25) is 0 Å². The first-order valence-corrected chi connectivity index (χ1v) is 6.94. The Morgan fingerprint density at radius 3 is 2.90 bits per heavy atom. The molecule has 1 aliphatic heterocycles. The maximum absolute atomic E-state index is 12.8. The third kappa shape index (κ3) is 2.59. The van der Waals surface area contributed by atoms with Gasteiger partial charge in [-0.15, -0.1) is 0 Å². The van der Waals surface area contributed by atoms with E-state index < -0.39 is 0 Å². The molecule has 21 heavy (non-hydrogen) atoms. The van der Waals surface area contributed by atoms with E-state index in [2.05, 4.69) is 11.4 Å². The van der Waals surface area contributed by atoms with E-state index in [1.54, 1.807) is 29.2 Å². The van der Waals surface area contributed by atoms with Gasteiger partial charge in [0.2, 0.25) is 0 Å². The summed E-state index contributed by atoms with van der Waals surface area (Å²) < 4.78 is 0. The Bertz CT molecular complexity index is 718. The molecule has 1 N–H and O–H groups in total. The van der Waals surface area contributed by atoms with Gasteiger partial charge in [-0.05, 0) is 36.8 Å². The van der Waals surface area contributed by atoms with Gasteiger partial charge in [0.15, 0.2) is 0 Å². The van der Waals surface area contributed by atoms with Crippen LogP contribution in [0.5, 0.6) is 0 Å². The summed E-state index contributed by atoms with van der Waals surface area (Å²) in [5.74, 6) is -0.0664. The minimum Gasteiger partial charge on any atom is -0.383 e. The van der Waals surface area contributed by atoms with Crippen LogP contribution in [0.4, 0.5) is 11.4 Å². The first kappa shape index (κ1) is 13.2. The molecule has 4 nitrogen and oxygen atoms in total. The van der Waals surface area contributed by atoms with Crippen molar-refractivity contribution in [2.24, 2.45) is 0 Å². The molecule has 4 heteroatoms. The maximum Gasteiger partial charge on any atom is 0.258 e. The highest BCUT2D eigenvalue weighted by molar-refractivity contribution is 6.08. The highest BCUT2D eigenvalue weighted by Gasteiger charge is 2.22. The van der Waals surface area contributed by atoms with E-state index in [4.69, 9.17) is 5.26 Å². The van der Waals surface area contributed by atoms with Crippen LogP contribution in [0, 0.1) is 11.3 Å². The molecule has 0 spiro atoms. The number of nitriles is 1. The Hall–Kier alpha value is -2.80. The average molecular weight is 277 g/mol. The highest BCUT2D eigenvalue weighted by Crippen LogP contribution is 2.29. The number of fused-ring (bicyclic) bond motifs is 1. The van der Waals surface area contributed by atoms with Crippen molar-refractivity contribution < 1.29 is 4.79 Å². The van der Waals surface area contributed by atoms with E-state index in [1.165, 1.54) is 0 Å². The number of hydrogen-bond acceptors (Lipinski definition) is 3. The van der Waals surface area contributed by atoms with Crippen LogP contribution >= 0.6 is 0 Å². The Labute approximate surface area is 123 Å². The molecule has 0 radical (unpaired) electrons. The number of anilines is 2. The largest absolute Gasteiger partial charge is 0.383 e. The fourth-order valence-corrected chi connectivity index (χ4v) is 2.53. The minimum absolute atomic E-state index is 0.0664. The van der Waals surface area contributed by atoms with Gasteiger partial charge < -0.3 is 10.2 Å². The fraction of sp³-hybridized carbons (Fsp3) is 0.176. The van der Waals surface area contributed by atoms with Crippen LogP contribution in [0.25, 0.3) is 0 Å². The first-order valence-electron chi connectivity index (χ1n) is 6.94. The molecule has 2 aromatic carbocycles. The van der Waals surface area contributed by atoms with Crippen molar-refractivity contribution >= 4 is 17.3 Å². The number of carbonyl (C=O) groups is 1. The van der Waals surface area contributed by atoms with Gasteiger partial charge in [0, 0.05) is 18.7 Å². The predicted octanol–water partition coefficient (Wildman–Crippen LogP) is 3.02. The van der Waals surface area contributed by atoms with E-state index in [9.17, 15) is 4.79 Å². The molecule has 0 saturated carbocycles. The van der Waals surface area contributed by atoms with Crippen molar-refractivity contribution in [2.45, 2.75) is 6.42 Å². The smallest absolute Gasteiger partial charge is 0.258 e. The monoisotopic (exact) mass is 277 g/mol. The van der Waals surface area contributed by atoms with Crippen molar-refractivity contribution in [2.75, 3.05) is 23.3 Å². The molecule has 0 atom stereocenters. The van der Waals surface area contributed by atoms with Crippen LogP contribution in [-0.4, -0.2) is 19.0 Å². The number of carbonyl (C=O) groups excluding carboxylic acids is 1. The third-order valence-electron chi connectivity index (χ3n) is 3.55. The topological polar surface area (TPSA) is 56.1 Å². The zero-order valence-corrected chi connectivity index (χ0v) is 11.5. The van der Waals surface area contributed by atoms with E-state index >= 15 is 0 Å². The van der Waals surface area contributed by atoms with E-state index in [0.717, 1.165) is 24.3 Å². The molecule has 0 bridgehead atoms. The number of amides is 1. The molecule has 0 saturated heterocycles. The van der Waals surface area contributed by atoms with Crippen LogP contribution in [0.3, 0.4) is 0 Å². The number of nitrogens with one attached hydrogen (secondary N) is 1. The summed E-state index contributed by atoms with van der Waals surface area (Å²) in [7, 11) is 0. The number of hydrogen-bond donors (Lipinski definition) is 1. The zero-order valence-electron chi connectivity index (χ0n) is 11.5. The summed E-state index contributed by atoms with van der Waals surface area (Å²) in [6.45, 7) is 1.51. The van der Waals surface area contributed by atoms with Gasteiger partial charge in [-0.2, -0.15) is 5.26 Å². The Balaban J connectivity index is 1.99. The number of rotatable bonds is 1. The fourth-order valence-electron chi connectivity index (χ4n) is 2.53. The molecule has 1 aliphatic rings. The summed E-state index contributed by atoms with van der Waals surface area (Å²) in [6, 6.07) is 16.7. The average Bonchev–Trinajstić information content (AvgIpc) is 2.76. The molecule has 0 unspecified atom stereocenters. The number of benzene rings is 2. The van der Waals surface area contributed by atoms with Gasteiger partial charge in [0.05, 0.1) is 23.0 Å². The van der Waals surface area contributed by atoms with Crippen molar-refractivity contribution in [1.82, 2.24) is 0 Å². The van der Waals surface area contributed by atoms with Gasteiger partial charge >= 0.3 is 0 Å². The Morgan fingerprint density at radius 1 is 1.19 bits per heavy atom. The molecule has 2 aromatic rings. The number of nitrogens with zero attached hydrogens (tertiary/aromatic N) is 2. The molecule has 1 heterocycles. The van der Waals surface area contributed by atoms with E-state index in [1.807, 2.05) is 24.3 Å². The third-order valence-corrected chi connectivity index (χ3v) is 3.55. The van der Waals surface area contributed by atoms with Crippen LogP contribution < -0.4 is 10.2 Å². The molecule has 104 valence electrons. The summed E-state index contributed by atoms with van der Waals surface area (Å²) in [5, 5.41) is 12.3. The van der Waals surface area contributed by atoms with E-state index in [-0.39, 0.29) is 5.91 Å². The Morgan fingerprint density at radius 2 is 2.05 bits per heavy atom. The lowest BCUT2D eigenvalue weighted by atomic mass is 10.1. The minimum atomic E-state index is -0.0664. The van der Waals surface area contributed by atoms with Gasteiger partial charge in [-0.25, -0.2) is 0 Å². The second kappa shape index (κ2) is 5.68. The second-order valence-corrected chi connectivity index (χ2v) is 4.95. The van der Waals surface area contributed by atoms with Gasteiger partial charge in [0.25, 0.3) is 5.91 Å².